The van der Waals surface area contributed by atoms with Crippen LogP contribution < -0.4 is 5.32 Å². The van der Waals surface area contributed by atoms with Crippen LogP contribution in [-0.4, -0.2) is 61.7 Å². The molecule has 0 bridgehead atoms. The number of rotatable bonds is 9. The monoisotopic (exact) mass is 635 g/mol. The van der Waals surface area contributed by atoms with E-state index in [2.05, 4.69) is 10.3 Å². The molecule has 17 heteroatoms. The van der Waals surface area contributed by atoms with Crippen molar-refractivity contribution >= 4 is 43.1 Å². The van der Waals surface area contributed by atoms with Gasteiger partial charge in [0.25, 0.3) is 10.0 Å². The fourth-order valence-electron chi connectivity index (χ4n) is 4.13. The van der Waals surface area contributed by atoms with Crippen LogP contribution >= 0.6 is 11.3 Å². The van der Waals surface area contributed by atoms with Crippen molar-refractivity contribution in [2.75, 3.05) is 6.54 Å². The topological polar surface area (TPSA) is 151 Å². The second kappa shape index (κ2) is 11.5. The van der Waals surface area contributed by atoms with Gasteiger partial charge >= 0.3 is 12.1 Å². The fourth-order valence-corrected chi connectivity index (χ4v) is 8.97. The average molecular weight is 636 g/mol. The van der Waals surface area contributed by atoms with E-state index in [1.807, 2.05) is 0 Å². The summed E-state index contributed by atoms with van der Waals surface area (Å²) in [6, 6.07) is 5.42. The number of halogens is 4. The van der Waals surface area contributed by atoms with E-state index in [-0.39, 0.29) is 25.8 Å². The number of benzene rings is 1. The number of sulfone groups is 1. The van der Waals surface area contributed by atoms with Crippen LogP contribution in [0, 0.1) is 5.82 Å². The molecule has 1 aliphatic rings. The van der Waals surface area contributed by atoms with Gasteiger partial charge in [0, 0.05) is 19.2 Å². The largest absolute Gasteiger partial charge is 0.480 e. The van der Waals surface area contributed by atoms with Gasteiger partial charge in [-0.3, -0.25) is 4.79 Å². The quantitative estimate of drug-likeness (QED) is 0.341. The number of carboxylic acids is 1. The zero-order valence-corrected chi connectivity index (χ0v) is 23.2. The number of alkyl halides is 3. The van der Waals surface area contributed by atoms with E-state index in [1.165, 1.54) is 12.1 Å². The number of aromatic nitrogens is 1. The third-order valence-corrected chi connectivity index (χ3v) is 11.8. The summed E-state index contributed by atoms with van der Waals surface area (Å²) >= 11 is 0.337. The van der Waals surface area contributed by atoms with E-state index in [9.17, 15) is 49.1 Å². The van der Waals surface area contributed by atoms with Gasteiger partial charge in [-0.05, 0) is 54.8 Å². The van der Waals surface area contributed by atoms with Crippen molar-refractivity contribution < 1.29 is 49.1 Å². The van der Waals surface area contributed by atoms with Gasteiger partial charge in [-0.15, -0.1) is 11.3 Å². The van der Waals surface area contributed by atoms with Crippen LogP contribution in [0.25, 0.3) is 0 Å². The molecule has 3 aromatic rings. The van der Waals surface area contributed by atoms with Crippen LogP contribution in [0.4, 0.5) is 17.6 Å². The first-order chi connectivity index (χ1) is 19.1. The molecule has 220 valence electrons. The highest BCUT2D eigenvalue weighted by Gasteiger charge is 2.41. The van der Waals surface area contributed by atoms with Crippen LogP contribution in [0.3, 0.4) is 0 Å². The molecule has 2 aromatic heterocycles. The van der Waals surface area contributed by atoms with Crippen molar-refractivity contribution in [1.29, 1.82) is 0 Å². The predicted molar refractivity (Wildman–Crippen MR) is 136 cm³/mol. The Morgan fingerprint density at radius 2 is 1.71 bits per heavy atom. The van der Waals surface area contributed by atoms with Crippen LogP contribution in [0.1, 0.15) is 24.0 Å². The highest BCUT2D eigenvalue weighted by atomic mass is 32.3. The molecule has 0 radical (unpaired) electrons. The van der Waals surface area contributed by atoms with E-state index in [0.29, 0.717) is 35.2 Å². The second-order valence-corrected chi connectivity index (χ2v) is 14.3. The summed E-state index contributed by atoms with van der Waals surface area (Å²) in [5.41, 5.74) is -0.739. The number of sulfonamides is 1. The standard InChI is InChI=1S/C24H21F4N3O7S3/c25-16-6-3-14(4-7-16)12-17(23(33)34)30-22(32)18-2-1-11-31(18)41(37,38)21-10-9-20(39-21)40(35,36)19-8-5-15(13-29-19)24(26,27)28/h3-10,13,17-18H,1-2,11-12H2,(H,30,32)(H,33,34)/t17-,18-/m0/s1. The SMILES string of the molecule is O=C(O)[C@H](Cc1ccc(F)cc1)NC(=O)[C@@H]1CCCN1S(=O)(=O)c1ccc(S(=O)(=O)c2ccc(C(F)(F)F)cn2)s1. The number of pyridine rings is 1. The lowest BCUT2D eigenvalue weighted by Crippen LogP contribution is -2.51. The van der Waals surface area contributed by atoms with Gasteiger partial charge in [0.05, 0.1) is 5.56 Å². The molecule has 0 aliphatic carbocycles. The van der Waals surface area contributed by atoms with Crippen molar-refractivity contribution in [2.45, 2.75) is 51.0 Å². The minimum absolute atomic E-state index is 0.0694. The number of hydrogen-bond acceptors (Lipinski definition) is 8. The molecule has 1 aromatic carbocycles. The van der Waals surface area contributed by atoms with Crippen molar-refractivity contribution in [3.63, 3.8) is 0 Å². The van der Waals surface area contributed by atoms with Gasteiger partial charge in [0.15, 0.2) is 5.03 Å². The van der Waals surface area contributed by atoms with E-state index in [4.69, 9.17) is 0 Å². The van der Waals surface area contributed by atoms with Crippen LogP contribution in [-0.2, 0) is 42.0 Å². The fraction of sp³-hybridized carbons (Fsp3) is 0.292. The van der Waals surface area contributed by atoms with Gasteiger partial charge in [0.1, 0.15) is 26.3 Å². The van der Waals surface area contributed by atoms with Gasteiger partial charge in [0.2, 0.25) is 15.7 Å². The number of amides is 1. The lowest BCUT2D eigenvalue weighted by atomic mass is 10.1. The average Bonchev–Trinajstić information content (AvgIpc) is 3.61. The lowest BCUT2D eigenvalue weighted by Gasteiger charge is -2.24. The maximum atomic E-state index is 13.4. The molecule has 2 N–H and O–H groups in total. The third kappa shape index (κ3) is 6.58. The normalized spacial score (nSPS) is 17.3. The Kier molecular flexibility index (Phi) is 8.54. The van der Waals surface area contributed by atoms with Gasteiger partial charge in [-0.25, -0.2) is 31.0 Å². The van der Waals surface area contributed by atoms with Crippen LogP contribution in [0.5, 0.6) is 0 Å². The second-order valence-electron chi connectivity index (χ2n) is 8.96. The molecule has 0 saturated carbocycles. The number of nitrogens with one attached hydrogen (secondary N) is 1. The molecule has 1 fully saturated rings. The smallest absolute Gasteiger partial charge is 0.417 e. The molecule has 3 heterocycles. The summed E-state index contributed by atoms with van der Waals surface area (Å²) in [5, 5.41) is 11.2. The van der Waals surface area contributed by atoms with E-state index >= 15 is 0 Å². The molecular formula is C24H21F4N3O7S3. The Bertz CT molecular complexity index is 1660. The van der Waals surface area contributed by atoms with Crippen molar-refractivity contribution in [3.8, 4) is 0 Å². The first-order valence-electron chi connectivity index (χ1n) is 11.8. The molecule has 1 amide bonds. The van der Waals surface area contributed by atoms with Gasteiger partial charge in [-0.2, -0.15) is 17.5 Å². The molecule has 41 heavy (non-hydrogen) atoms. The first kappa shape index (κ1) is 30.5. The zero-order chi connectivity index (χ0) is 30.2. The Labute approximate surface area is 235 Å². The third-order valence-electron chi connectivity index (χ3n) is 6.20. The van der Waals surface area contributed by atoms with Gasteiger partial charge < -0.3 is 10.4 Å². The maximum Gasteiger partial charge on any atom is 0.417 e. The number of carbonyl (C=O) groups is 2. The number of thiophene rings is 1. The Morgan fingerprint density at radius 3 is 2.29 bits per heavy atom. The van der Waals surface area contributed by atoms with Crippen molar-refractivity contribution in [2.24, 2.45) is 0 Å². The molecule has 4 rings (SSSR count). The highest BCUT2D eigenvalue weighted by molar-refractivity contribution is 7.95. The zero-order valence-electron chi connectivity index (χ0n) is 20.7. The minimum atomic E-state index is -4.73. The summed E-state index contributed by atoms with van der Waals surface area (Å²) < 4.78 is 104. The Morgan fingerprint density at radius 1 is 1.05 bits per heavy atom. The highest BCUT2D eigenvalue weighted by Crippen LogP contribution is 2.35. The van der Waals surface area contributed by atoms with E-state index in [1.54, 1.807) is 0 Å². The summed E-state index contributed by atoms with van der Waals surface area (Å²) in [5.74, 6) is -2.80. The maximum absolute atomic E-state index is 13.4. The number of carboxylic acid groups (broad SMARTS) is 1. The van der Waals surface area contributed by atoms with Crippen molar-refractivity contribution in [1.82, 2.24) is 14.6 Å². The number of aliphatic carboxylic acids is 1. The number of hydrogen-bond donors (Lipinski definition) is 2. The van der Waals surface area contributed by atoms with Crippen molar-refractivity contribution in [3.05, 3.63) is 71.7 Å². The molecule has 0 unspecified atom stereocenters. The minimum Gasteiger partial charge on any atom is -0.480 e. The first-order valence-corrected chi connectivity index (χ1v) is 15.5. The molecule has 2 atom stereocenters. The molecule has 10 nitrogen and oxygen atoms in total. The van der Waals surface area contributed by atoms with E-state index in [0.717, 1.165) is 28.6 Å². The predicted octanol–water partition coefficient (Wildman–Crippen LogP) is 3.10. The van der Waals surface area contributed by atoms with Crippen LogP contribution in [0.15, 0.2) is 68.2 Å². The molecule has 1 saturated heterocycles. The van der Waals surface area contributed by atoms with Crippen LogP contribution in [0.2, 0.25) is 0 Å². The number of nitrogens with zero attached hydrogens (tertiary/aromatic N) is 2. The summed E-state index contributed by atoms with van der Waals surface area (Å²) in [7, 11) is -8.89. The molecule has 0 spiro atoms. The van der Waals surface area contributed by atoms with E-state index < -0.39 is 74.8 Å². The molecular weight excluding hydrogens is 614 g/mol. The van der Waals surface area contributed by atoms with Gasteiger partial charge in [-0.1, -0.05) is 12.1 Å². The Hall–Kier alpha value is -3.41. The summed E-state index contributed by atoms with van der Waals surface area (Å²) in [6.07, 6.45) is -4.24. The summed E-state index contributed by atoms with van der Waals surface area (Å²) in [4.78, 5) is 28.2. The lowest BCUT2D eigenvalue weighted by molar-refractivity contribution is -0.142. The molecule has 1 aliphatic heterocycles. The number of carbonyl (C=O) groups excluding carboxylic acids is 1. The Balaban J connectivity index is 1.53. The summed E-state index contributed by atoms with van der Waals surface area (Å²) in [6.45, 7) is -0.101.